The maximum absolute atomic E-state index is 12.7. The summed E-state index contributed by atoms with van der Waals surface area (Å²) >= 11 is 5.99. The third-order valence-electron chi connectivity index (χ3n) is 5.40. The van der Waals surface area contributed by atoms with E-state index in [-0.39, 0.29) is 11.9 Å². The van der Waals surface area contributed by atoms with E-state index < -0.39 is 0 Å². The number of hydrogen-bond acceptors (Lipinski definition) is 5. The number of anilines is 1. The van der Waals surface area contributed by atoms with Crippen LogP contribution >= 0.6 is 11.6 Å². The van der Waals surface area contributed by atoms with E-state index in [1.165, 1.54) is 0 Å². The Morgan fingerprint density at radius 1 is 1.10 bits per heavy atom. The molecule has 1 saturated heterocycles. The van der Waals surface area contributed by atoms with Gasteiger partial charge in [0.2, 0.25) is 0 Å². The molecule has 0 bridgehead atoms. The fourth-order valence-electron chi connectivity index (χ4n) is 3.87. The Hall–Kier alpha value is -3.38. The Bertz CT molecular complexity index is 1210. The number of aromatic nitrogens is 2. The molecule has 0 radical (unpaired) electrons. The van der Waals surface area contributed by atoms with Crippen LogP contribution in [0.5, 0.6) is 0 Å². The van der Waals surface area contributed by atoms with Crippen LogP contribution in [0, 0.1) is 0 Å². The van der Waals surface area contributed by atoms with Crippen LogP contribution in [-0.2, 0) is 0 Å². The molecule has 0 aliphatic carbocycles. The number of amides is 1. The molecule has 30 heavy (non-hydrogen) atoms. The van der Waals surface area contributed by atoms with Gasteiger partial charge in [0.1, 0.15) is 10.7 Å². The third kappa shape index (κ3) is 3.62. The van der Waals surface area contributed by atoms with Gasteiger partial charge in [-0.2, -0.15) is 0 Å². The van der Waals surface area contributed by atoms with Gasteiger partial charge in [0, 0.05) is 53.7 Å². The molecule has 0 spiro atoms. The lowest BCUT2D eigenvalue weighted by atomic mass is 10.1. The summed E-state index contributed by atoms with van der Waals surface area (Å²) in [5.41, 5.74) is 4.24. The molecule has 150 valence electrons. The fourth-order valence-corrected chi connectivity index (χ4v) is 4.04. The van der Waals surface area contributed by atoms with Crippen molar-refractivity contribution < 1.29 is 9.21 Å². The Morgan fingerprint density at radius 3 is 2.77 bits per heavy atom. The first-order chi connectivity index (χ1) is 14.7. The van der Waals surface area contributed by atoms with Crippen LogP contribution in [0.25, 0.3) is 22.2 Å². The molecule has 1 aliphatic heterocycles. The third-order valence-corrected chi connectivity index (χ3v) is 5.61. The van der Waals surface area contributed by atoms with Gasteiger partial charge in [-0.05, 0) is 42.8 Å². The zero-order valence-corrected chi connectivity index (χ0v) is 16.8. The number of nitrogens with one attached hydrogen (secondary N) is 1. The number of furan rings is 1. The summed E-state index contributed by atoms with van der Waals surface area (Å²) in [6.07, 6.45) is 5.96. The highest BCUT2D eigenvalue weighted by Crippen LogP contribution is 2.27. The summed E-state index contributed by atoms with van der Waals surface area (Å²) in [6.45, 7) is 1.61. The molecule has 4 heterocycles. The number of halogens is 1. The molecule has 5 rings (SSSR count). The quantitative estimate of drug-likeness (QED) is 0.492. The minimum Gasteiger partial charge on any atom is -0.464 e. The number of benzene rings is 1. The highest BCUT2D eigenvalue weighted by atomic mass is 35.5. The second-order valence-corrected chi connectivity index (χ2v) is 7.70. The number of rotatable bonds is 4. The molecule has 7 heteroatoms. The number of hydrogen-bond donors (Lipinski definition) is 1. The van der Waals surface area contributed by atoms with Crippen LogP contribution in [0.4, 0.5) is 5.69 Å². The highest BCUT2D eigenvalue weighted by molar-refractivity contribution is 6.29. The molecule has 1 N–H and O–H groups in total. The number of fused-ring (bicyclic) bond motifs is 1. The lowest BCUT2D eigenvalue weighted by molar-refractivity contribution is 0.0940. The van der Waals surface area contributed by atoms with Gasteiger partial charge in [-0.15, -0.1) is 0 Å². The van der Waals surface area contributed by atoms with E-state index in [1.807, 2.05) is 48.5 Å². The molecule has 0 saturated carbocycles. The number of carbonyl (C=O) groups is 1. The lowest BCUT2D eigenvalue weighted by Gasteiger charge is -2.19. The van der Waals surface area contributed by atoms with Crippen molar-refractivity contribution in [3.8, 4) is 11.3 Å². The van der Waals surface area contributed by atoms with E-state index in [2.05, 4.69) is 20.2 Å². The van der Waals surface area contributed by atoms with Crippen LogP contribution in [0.15, 0.2) is 71.6 Å². The molecule has 1 amide bonds. The molecule has 1 unspecified atom stereocenters. The zero-order chi connectivity index (χ0) is 20.5. The fraction of sp³-hybridized carbons (Fsp3) is 0.174. The zero-order valence-electron chi connectivity index (χ0n) is 16.1. The van der Waals surface area contributed by atoms with Gasteiger partial charge in [0.25, 0.3) is 5.91 Å². The lowest BCUT2D eigenvalue weighted by Crippen LogP contribution is -2.37. The minimum absolute atomic E-state index is 0.0735. The first-order valence-corrected chi connectivity index (χ1v) is 10.2. The van der Waals surface area contributed by atoms with E-state index in [4.69, 9.17) is 16.0 Å². The average Bonchev–Trinajstić information content (AvgIpc) is 3.43. The van der Waals surface area contributed by atoms with Crippen molar-refractivity contribution in [2.75, 3.05) is 18.0 Å². The Morgan fingerprint density at radius 2 is 1.93 bits per heavy atom. The van der Waals surface area contributed by atoms with Crippen LogP contribution in [-0.4, -0.2) is 35.0 Å². The van der Waals surface area contributed by atoms with Crippen LogP contribution in [0.2, 0.25) is 5.15 Å². The van der Waals surface area contributed by atoms with Gasteiger partial charge < -0.3 is 14.6 Å². The van der Waals surface area contributed by atoms with Gasteiger partial charge in [-0.3, -0.25) is 9.78 Å². The SMILES string of the molecule is O=C(NC1CCN(c2ccnc(Cl)c2)C1)c1ccc(-c2nccc3occc23)cc1. The van der Waals surface area contributed by atoms with Gasteiger partial charge in [0.05, 0.1) is 12.0 Å². The maximum Gasteiger partial charge on any atom is 0.251 e. The molecule has 1 aliphatic rings. The normalized spacial score (nSPS) is 16.2. The summed E-state index contributed by atoms with van der Waals surface area (Å²) in [6, 6.07) is 15.1. The first kappa shape index (κ1) is 18.6. The Balaban J connectivity index is 1.26. The predicted octanol–water partition coefficient (Wildman–Crippen LogP) is 4.55. The van der Waals surface area contributed by atoms with E-state index in [0.717, 1.165) is 47.4 Å². The van der Waals surface area contributed by atoms with E-state index >= 15 is 0 Å². The van der Waals surface area contributed by atoms with Crippen molar-refractivity contribution in [1.82, 2.24) is 15.3 Å². The smallest absolute Gasteiger partial charge is 0.251 e. The monoisotopic (exact) mass is 418 g/mol. The summed E-state index contributed by atoms with van der Waals surface area (Å²) < 4.78 is 5.44. The minimum atomic E-state index is -0.0735. The van der Waals surface area contributed by atoms with Crippen molar-refractivity contribution in [2.24, 2.45) is 0 Å². The van der Waals surface area contributed by atoms with E-state index in [0.29, 0.717) is 10.7 Å². The first-order valence-electron chi connectivity index (χ1n) is 9.77. The Kier molecular flexibility index (Phi) is 4.85. The summed E-state index contributed by atoms with van der Waals surface area (Å²) in [5, 5.41) is 4.56. The number of nitrogens with zero attached hydrogens (tertiary/aromatic N) is 3. The highest BCUT2D eigenvalue weighted by Gasteiger charge is 2.24. The van der Waals surface area contributed by atoms with Gasteiger partial charge >= 0.3 is 0 Å². The maximum atomic E-state index is 12.7. The summed E-state index contributed by atoms with van der Waals surface area (Å²) in [7, 11) is 0. The van der Waals surface area contributed by atoms with E-state index in [9.17, 15) is 4.79 Å². The van der Waals surface area contributed by atoms with Crippen molar-refractivity contribution in [2.45, 2.75) is 12.5 Å². The topological polar surface area (TPSA) is 71.3 Å². The van der Waals surface area contributed by atoms with Crippen LogP contribution < -0.4 is 10.2 Å². The van der Waals surface area contributed by atoms with Gasteiger partial charge in [-0.1, -0.05) is 23.7 Å². The second kappa shape index (κ2) is 7.80. The van der Waals surface area contributed by atoms with Crippen LogP contribution in [0.1, 0.15) is 16.8 Å². The molecule has 1 atom stereocenters. The Labute approximate surface area is 178 Å². The average molecular weight is 419 g/mol. The van der Waals surface area contributed by atoms with Crippen molar-refractivity contribution >= 4 is 34.2 Å². The molecular formula is C23H19ClN4O2. The largest absolute Gasteiger partial charge is 0.464 e. The molecule has 1 fully saturated rings. The van der Waals surface area contributed by atoms with Gasteiger partial charge in [-0.25, -0.2) is 4.98 Å². The molecular weight excluding hydrogens is 400 g/mol. The van der Waals surface area contributed by atoms with E-state index in [1.54, 1.807) is 18.7 Å². The number of carbonyl (C=O) groups excluding carboxylic acids is 1. The second-order valence-electron chi connectivity index (χ2n) is 7.31. The standard InChI is InChI=1S/C23H19ClN4O2/c24-21-13-18(5-9-25-21)28-11-7-17(14-28)27-23(29)16-3-1-15(2-4-16)22-19-8-12-30-20(19)6-10-26-22/h1-6,8-10,12-13,17H,7,11,14H2,(H,27,29). The summed E-state index contributed by atoms with van der Waals surface area (Å²) in [5.74, 6) is -0.0735. The van der Waals surface area contributed by atoms with Crippen molar-refractivity contribution in [3.05, 3.63) is 77.9 Å². The predicted molar refractivity (Wildman–Crippen MR) is 117 cm³/mol. The van der Waals surface area contributed by atoms with Crippen LogP contribution in [0.3, 0.4) is 0 Å². The molecule has 1 aromatic carbocycles. The summed E-state index contributed by atoms with van der Waals surface area (Å²) in [4.78, 5) is 23.4. The number of pyridine rings is 2. The van der Waals surface area contributed by atoms with Gasteiger partial charge in [0.15, 0.2) is 0 Å². The molecule has 3 aromatic heterocycles. The molecule has 4 aromatic rings. The van der Waals surface area contributed by atoms with Crippen molar-refractivity contribution in [1.29, 1.82) is 0 Å². The molecule has 6 nitrogen and oxygen atoms in total. The van der Waals surface area contributed by atoms with Crippen molar-refractivity contribution in [3.63, 3.8) is 0 Å².